The molecular weight excluding hydrogens is 400 g/mol. The number of fused-ring (bicyclic) bond motifs is 6. The van der Waals surface area contributed by atoms with Crippen molar-refractivity contribution in [1.82, 2.24) is 4.57 Å². The summed E-state index contributed by atoms with van der Waals surface area (Å²) < 4.78 is 2.55. The van der Waals surface area contributed by atoms with Crippen molar-refractivity contribution < 1.29 is 0 Å². The lowest BCUT2D eigenvalue weighted by molar-refractivity contribution is 0.615. The first kappa shape index (κ1) is 18.8. The molecular formula is C31H26N2. The van der Waals surface area contributed by atoms with Crippen LogP contribution in [0.5, 0.6) is 0 Å². The first-order chi connectivity index (χ1) is 16.3. The predicted octanol–water partition coefficient (Wildman–Crippen LogP) is 7.67. The number of hydrogen-bond donors (Lipinski definition) is 0. The van der Waals surface area contributed by atoms with Gasteiger partial charge in [-0.05, 0) is 49.3 Å². The maximum atomic E-state index is 2.56. The zero-order chi connectivity index (χ0) is 21.9. The fourth-order valence-corrected chi connectivity index (χ4v) is 6.16. The van der Waals surface area contributed by atoms with Gasteiger partial charge in [-0.25, -0.2) is 0 Å². The van der Waals surface area contributed by atoms with Gasteiger partial charge in [0, 0.05) is 39.1 Å². The molecule has 3 atom stereocenters. The molecule has 0 radical (unpaired) electrons. The zero-order valence-electron chi connectivity index (χ0n) is 18.7. The molecule has 1 aliphatic heterocycles. The van der Waals surface area contributed by atoms with Crippen LogP contribution in [0, 0.1) is 0 Å². The molecule has 7 rings (SSSR count). The first-order valence-corrected chi connectivity index (χ1v) is 11.9. The summed E-state index contributed by atoms with van der Waals surface area (Å²) in [6.07, 6.45) is 15.0. The number of anilines is 1. The van der Waals surface area contributed by atoms with Crippen LogP contribution < -0.4 is 4.90 Å². The van der Waals surface area contributed by atoms with Crippen LogP contribution in [0.25, 0.3) is 21.8 Å². The van der Waals surface area contributed by atoms with E-state index in [2.05, 4.69) is 126 Å². The maximum absolute atomic E-state index is 2.56. The van der Waals surface area contributed by atoms with Crippen molar-refractivity contribution in [3.8, 4) is 0 Å². The van der Waals surface area contributed by atoms with Crippen LogP contribution in [0.2, 0.25) is 0 Å². The van der Waals surface area contributed by atoms with Gasteiger partial charge in [-0.15, -0.1) is 0 Å². The summed E-state index contributed by atoms with van der Waals surface area (Å²) in [6.45, 7) is 2.28. The molecule has 160 valence electrons. The molecule has 3 aliphatic rings. The number of benzene rings is 3. The molecule has 0 spiro atoms. The van der Waals surface area contributed by atoms with Gasteiger partial charge in [0.15, 0.2) is 0 Å². The molecule has 3 aromatic carbocycles. The lowest BCUT2D eigenvalue weighted by atomic mass is 9.91. The van der Waals surface area contributed by atoms with Gasteiger partial charge in [-0.3, -0.25) is 0 Å². The SMILES string of the molecule is CC1=CC(N2c3ccccc3C3C=CC=CC32)=CC(n2c3ccccc3c3ccccc32)C1. The van der Waals surface area contributed by atoms with Gasteiger partial charge < -0.3 is 9.47 Å². The van der Waals surface area contributed by atoms with Gasteiger partial charge in [0.05, 0.1) is 12.1 Å². The van der Waals surface area contributed by atoms with Crippen molar-refractivity contribution in [2.24, 2.45) is 0 Å². The molecule has 2 aliphatic carbocycles. The highest BCUT2D eigenvalue weighted by molar-refractivity contribution is 6.08. The number of allylic oxidation sites excluding steroid dienone is 5. The Morgan fingerprint density at radius 3 is 2.21 bits per heavy atom. The smallest absolute Gasteiger partial charge is 0.0629 e. The van der Waals surface area contributed by atoms with E-state index in [4.69, 9.17) is 0 Å². The Bertz CT molecular complexity index is 1470. The second-order valence-electron chi connectivity index (χ2n) is 9.47. The van der Waals surface area contributed by atoms with Crippen LogP contribution in [0.3, 0.4) is 0 Å². The Morgan fingerprint density at radius 2 is 1.42 bits per heavy atom. The summed E-state index contributed by atoms with van der Waals surface area (Å²) in [6, 6.07) is 27.2. The van der Waals surface area contributed by atoms with Gasteiger partial charge in [-0.1, -0.05) is 84.5 Å². The minimum atomic E-state index is 0.282. The molecule has 0 amide bonds. The highest BCUT2D eigenvalue weighted by atomic mass is 15.2. The van der Waals surface area contributed by atoms with Gasteiger partial charge >= 0.3 is 0 Å². The molecule has 0 saturated heterocycles. The average molecular weight is 427 g/mol. The molecule has 1 aromatic heterocycles. The van der Waals surface area contributed by atoms with E-state index in [1.807, 2.05) is 0 Å². The molecule has 0 fully saturated rings. The van der Waals surface area contributed by atoms with Crippen LogP contribution in [0.4, 0.5) is 5.69 Å². The third-order valence-corrected chi connectivity index (χ3v) is 7.48. The van der Waals surface area contributed by atoms with E-state index in [0.717, 1.165) is 6.42 Å². The zero-order valence-corrected chi connectivity index (χ0v) is 18.7. The van der Waals surface area contributed by atoms with Gasteiger partial charge in [0.2, 0.25) is 0 Å². The number of hydrogen-bond acceptors (Lipinski definition) is 1. The van der Waals surface area contributed by atoms with E-state index in [-0.39, 0.29) is 6.04 Å². The standard InChI is InChI=1S/C31H26N2/c1-21-18-22(32-28-14-6-2-10-24(28)25-11-3-7-15-29(25)32)20-23(19-21)33-30-16-8-4-12-26(30)27-13-5-9-17-31(27)33/h2-18,20,23-24,28H,19H2,1H3. The number of rotatable bonds is 2. The summed E-state index contributed by atoms with van der Waals surface area (Å²) in [5.41, 5.74) is 8.13. The minimum Gasteiger partial charge on any atom is -0.334 e. The van der Waals surface area contributed by atoms with E-state index in [0.29, 0.717) is 12.0 Å². The third-order valence-electron chi connectivity index (χ3n) is 7.48. The average Bonchev–Trinajstić information content (AvgIpc) is 3.37. The van der Waals surface area contributed by atoms with E-state index in [1.165, 1.54) is 44.3 Å². The largest absolute Gasteiger partial charge is 0.334 e. The Morgan fingerprint density at radius 1 is 0.758 bits per heavy atom. The first-order valence-electron chi connectivity index (χ1n) is 11.9. The van der Waals surface area contributed by atoms with E-state index in [9.17, 15) is 0 Å². The van der Waals surface area contributed by atoms with Crippen LogP contribution >= 0.6 is 0 Å². The number of nitrogens with zero attached hydrogens (tertiary/aromatic N) is 2. The quantitative estimate of drug-likeness (QED) is 0.319. The van der Waals surface area contributed by atoms with Gasteiger partial charge in [-0.2, -0.15) is 0 Å². The molecule has 2 heterocycles. The lowest BCUT2D eigenvalue weighted by Crippen LogP contribution is -2.33. The normalized spacial score (nSPS) is 23.5. The van der Waals surface area contributed by atoms with Crippen LogP contribution in [-0.2, 0) is 0 Å². The van der Waals surface area contributed by atoms with Crippen molar-refractivity contribution in [3.05, 3.63) is 126 Å². The number of aromatic nitrogens is 1. The molecule has 4 aromatic rings. The van der Waals surface area contributed by atoms with E-state index in [1.54, 1.807) is 0 Å². The summed E-state index contributed by atoms with van der Waals surface area (Å²) in [7, 11) is 0. The van der Waals surface area contributed by atoms with Crippen molar-refractivity contribution in [2.45, 2.75) is 31.3 Å². The molecule has 2 heteroatoms. The van der Waals surface area contributed by atoms with E-state index >= 15 is 0 Å². The molecule has 33 heavy (non-hydrogen) atoms. The Labute approximate surface area is 194 Å². The second-order valence-corrected chi connectivity index (χ2v) is 9.47. The van der Waals surface area contributed by atoms with Gasteiger partial charge in [0.1, 0.15) is 0 Å². The topological polar surface area (TPSA) is 8.17 Å². The Hall–Kier alpha value is -3.78. The predicted molar refractivity (Wildman–Crippen MR) is 139 cm³/mol. The summed E-state index contributed by atoms with van der Waals surface area (Å²) in [4.78, 5) is 2.56. The molecule has 2 nitrogen and oxygen atoms in total. The van der Waals surface area contributed by atoms with Crippen LogP contribution in [0.15, 0.2) is 121 Å². The van der Waals surface area contributed by atoms with Gasteiger partial charge in [0.25, 0.3) is 0 Å². The fraction of sp³-hybridized carbons (Fsp3) is 0.161. The fourth-order valence-electron chi connectivity index (χ4n) is 6.16. The van der Waals surface area contributed by atoms with E-state index < -0.39 is 0 Å². The van der Waals surface area contributed by atoms with Crippen LogP contribution in [0.1, 0.15) is 30.9 Å². The molecule has 3 unspecified atom stereocenters. The maximum Gasteiger partial charge on any atom is 0.0629 e. The van der Waals surface area contributed by atoms with Crippen LogP contribution in [-0.4, -0.2) is 10.6 Å². The van der Waals surface area contributed by atoms with Crippen molar-refractivity contribution in [2.75, 3.05) is 4.90 Å². The Kier molecular flexibility index (Phi) is 4.04. The summed E-state index contributed by atoms with van der Waals surface area (Å²) >= 11 is 0. The molecule has 0 saturated carbocycles. The highest BCUT2D eigenvalue weighted by Gasteiger charge is 2.38. The molecule has 0 bridgehead atoms. The van der Waals surface area contributed by atoms with Crippen molar-refractivity contribution in [3.63, 3.8) is 0 Å². The third kappa shape index (κ3) is 2.74. The second kappa shape index (κ2) is 7.11. The monoisotopic (exact) mass is 426 g/mol. The highest BCUT2D eigenvalue weighted by Crippen LogP contribution is 2.47. The lowest BCUT2D eigenvalue weighted by Gasteiger charge is -2.33. The Balaban J connectivity index is 1.42. The number of para-hydroxylation sites is 3. The minimum absolute atomic E-state index is 0.282. The van der Waals surface area contributed by atoms with Crippen molar-refractivity contribution in [1.29, 1.82) is 0 Å². The summed E-state index contributed by atoms with van der Waals surface area (Å²) in [5.74, 6) is 0.412. The summed E-state index contributed by atoms with van der Waals surface area (Å²) in [5, 5.41) is 2.67. The van der Waals surface area contributed by atoms with Crippen molar-refractivity contribution >= 4 is 27.5 Å². The molecule has 0 N–H and O–H groups in total.